The molecule has 0 unspecified atom stereocenters. The molecule has 20 heavy (non-hydrogen) atoms. The van der Waals surface area contributed by atoms with E-state index in [1.807, 2.05) is 6.92 Å². The topological polar surface area (TPSA) is 41.3 Å². The van der Waals surface area contributed by atoms with E-state index in [2.05, 4.69) is 5.32 Å². The number of rotatable bonds is 3. The summed E-state index contributed by atoms with van der Waals surface area (Å²) in [5.74, 6) is 0. The van der Waals surface area contributed by atoms with Crippen molar-refractivity contribution < 1.29 is 13.2 Å². The van der Waals surface area contributed by atoms with Gasteiger partial charge in [-0.05, 0) is 37.6 Å². The lowest BCUT2D eigenvalue weighted by Gasteiger charge is -2.35. The highest BCUT2D eigenvalue weighted by molar-refractivity contribution is 5.61. The molecular formula is C14H20F3N3. The van der Waals surface area contributed by atoms with Crippen LogP contribution >= 0.6 is 0 Å². The number of nitrogens with two attached hydrogens (primary N) is 1. The largest absolute Gasteiger partial charge is 0.418 e. The molecule has 0 saturated carbocycles. The standard InChI is InChI=1S/C14H20F3N3/c1-2-19-11-5-7-20(8-6-11)13-4-3-10(18)9-12(13)14(15,16)17/h3-4,9,11,19H,2,5-8,18H2,1H3. The Morgan fingerprint density at radius 1 is 1.30 bits per heavy atom. The molecular weight excluding hydrogens is 267 g/mol. The van der Waals surface area contributed by atoms with Crippen LogP contribution in [0.5, 0.6) is 0 Å². The summed E-state index contributed by atoms with van der Waals surface area (Å²) in [6.07, 6.45) is -2.66. The molecule has 1 aromatic rings. The molecule has 2 rings (SSSR count). The molecule has 3 N–H and O–H groups in total. The minimum absolute atomic E-state index is 0.142. The van der Waals surface area contributed by atoms with Gasteiger partial charge in [-0.25, -0.2) is 0 Å². The van der Waals surface area contributed by atoms with Crippen molar-refractivity contribution in [3.63, 3.8) is 0 Å². The Morgan fingerprint density at radius 3 is 2.50 bits per heavy atom. The zero-order valence-electron chi connectivity index (χ0n) is 11.5. The molecule has 1 aromatic carbocycles. The van der Waals surface area contributed by atoms with Gasteiger partial charge < -0.3 is 16.0 Å². The van der Waals surface area contributed by atoms with E-state index in [-0.39, 0.29) is 11.4 Å². The smallest absolute Gasteiger partial charge is 0.399 e. The highest BCUT2D eigenvalue weighted by atomic mass is 19.4. The van der Waals surface area contributed by atoms with E-state index < -0.39 is 11.7 Å². The molecule has 0 aliphatic carbocycles. The molecule has 0 bridgehead atoms. The van der Waals surface area contributed by atoms with E-state index in [1.54, 1.807) is 4.90 Å². The first-order valence-electron chi connectivity index (χ1n) is 6.87. The predicted molar refractivity (Wildman–Crippen MR) is 74.8 cm³/mol. The van der Waals surface area contributed by atoms with Crippen molar-refractivity contribution in [3.8, 4) is 0 Å². The van der Waals surface area contributed by atoms with Crippen molar-refractivity contribution in [3.05, 3.63) is 23.8 Å². The Bertz CT molecular complexity index is 451. The molecule has 6 heteroatoms. The van der Waals surface area contributed by atoms with E-state index in [0.717, 1.165) is 25.5 Å². The Morgan fingerprint density at radius 2 is 1.95 bits per heavy atom. The first-order chi connectivity index (χ1) is 9.41. The number of piperidine rings is 1. The summed E-state index contributed by atoms with van der Waals surface area (Å²) in [4.78, 5) is 1.80. The van der Waals surface area contributed by atoms with Crippen LogP contribution < -0.4 is 16.0 Å². The first kappa shape index (κ1) is 15.0. The minimum Gasteiger partial charge on any atom is -0.399 e. The van der Waals surface area contributed by atoms with Crippen LogP contribution in [0, 0.1) is 0 Å². The average molecular weight is 287 g/mol. The summed E-state index contributed by atoms with van der Waals surface area (Å²) < 4.78 is 39.3. The fraction of sp³-hybridized carbons (Fsp3) is 0.571. The lowest BCUT2D eigenvalue weighted by molar-refractivity contribution is -0.137. The van der Waals surface area contributed by atoms with Gasteiger partial charge in [0.05, 0.1) is 5.56 Å². The van der Waals surface area contributed by atoms with Gasteiger partial charge in [-0.1, -0.05) is 6.92 Å². The van der Waals surface area contributed by atoms with Gasteiger partial charge >= 0.3 is 6.18 Å². The number of nitrogens with zero attached hydrogens (tertiary/aromatic N) is 1. The molecule has 1 saturated heterocycles. The molecule has 0 spiro atoms. The maximum Gasteiger partial charge on any atom is 0.418 e. The van der Waals surface area contributed by atoms with Crippen LogP contribution in [-0.4, -0.2) is 25.7 Å². The maximum absolute atomic E-state index is 13.1. The molecule has 0 radical (unpaired) electrons. The summed E-state index contributed by atoms with van der Waals surface area (Å²) in [5, 5.41) is 3.34. The zero-order chi connectivity index (χ0) is 14.8. The van der Waals surface area contributed by atoms with Gasteiger partial charge in [-0.15, -0.1) is 0 Å². The van der Waals surface area contributed by atoms with Gasteiger partial charge in [-0.2, -0.15) is 13.2 Å². The van der Waals surface area contributed by atoms with Crippen molar-refractivity contribution in [2.45, 2.75) is 32.0 Å². The highest BCUT2D eigenvalue weighted by Crippen LogP contribution is 2.38. The molecule has 0 aromatic heterocycles. The van der Waals surface area contributed by atoms with Crippen molar-refractivity contribution in [1.82, 2.24) is 5.32 Å². The van der Waals surface area contributed by atoms with Gasteiger partial charge in [0.25, 0.3) is 0 Å². The predicted octanol–water partition coefficient (Wildman–Crippen LogP) is 2.87. The highest BCUT2D eigenvalue weighted by Gasteiger charge is 2.35. The van der Waals surface area contributed by atoms with Crippen LogP contribution in [0.4, 0.5) is 24.5 Å². The fourth-order valence-electron chi connectivity index (χ4n) is 2.67. The van der Waals surface area contributed by atoms with E-state index in [4.69, 9.17) is 5.73 Å². The van der Waals surface area contributed by atoms with E-state index >= 15 is 0 Å². The second kappa shape index (κ2) is 5.91. The van der Waals surface area contributed by atoms with Crippen molar-refractivity contribution in [2.24, 2.45) is 0 Å². The van der Waals surface area contributed by atoms with Gasteiger partial charge in [0.2, 0.25) is 0 Å². The molecule has 0 amide bonds. The Hall–Kier alpha value is -1.43. The summed E-state index contributed by atoms with van der Waals surface area (Å²) in [5.41, 5.74) is 5.23. The minimum atomic E-state index is -4.37. The zero-order valence-corrected chi connectivity index (χ0v) is 11.5. The lowest BCUT2D eigenvalue weighted by atomic mass is 10.0. The molecule has 0 atom stereocenters. The number of benzene rings is 1. The number of halogens is 3. The normalized spacial score (nSPS) is 17.5. The summed E-state index contributed by atoms with van der Waals surface area (Å²) in [6, 6.07) is 4.43. The number of hydrogen-bond acceptors (Lipinski definition) is 3. The van der Waals surface area contributed by atoms with Crippen LogP contribution in [0.2, 0.25) is 0 Å². The quantitative estimate of drug-likeness (QED) is 0.840. The monoisotopic (exact) mass is 287 g/mol. The molecule has 112 valence electrons. The van der Waals surface area contributed by atoms with Crippen LogP contribution in [0.1, 0.15) is 25.3 Å². The fourth-order valence-corrected chi connectivity index (χ4v) is 2.67. The second-order valence-corrected chi connectivity index (χ2v) is 5.09. The molecule has 1 aliphatic rings. The van der Waals surface area contributed by atoms with Crippen molar-refractivity contribution in [1.29, 1.82) is 0 Å². The number of nitrogen functional groups attached to an aromatic ring is 1. The van der Waals surface area contributed by atoms with Gasteiger partial charge in [0, 0.05) is 30.5 Å². The number of hydrogen-bond donors (Lipinski definition) is 2. The van der Waals surface area contributed by atoms with Gasteiger partial charge in [0.15, 0.2) is 0 Å². The van der Waals surface area contributed by atoms with Crippen molar-refractivity contribution in [2.75, 3.05) is 30.3 Å². The Kier molecular flexibility index (Phi) is 4.42. The SMILES string of the molecule is CCNC1CCN(c2ccc(N)cc2C(F)(F)F)CC1. The Labute approximate surface area is 116 Å². The van der Waals surface area contributed by atoms with Crippen LogP contribution in [0.3, 0.4) is 0 Å². The van der Waals surface area contributed by atoms with Crippen LogP contribution in [0.15, 0.2) is 18.2 Å². The van der Waals surface area contributed by atoms with Gasteiger partial charge in [-0.3, -0.25) is 0 Å². The molecule has 1 aliphatic heterocycles. The second-order valence-electron chi connectivity index (χ2n) is 5.09. The first-order valence-corrected chi connectivity index (χ1v) is 6.87. The Balaban J connectivity index is 2.18. The number of nitrogens with one attached hydrogen (secondary N) is 1. The third kappa shape index (κ3) is 3.36. The number of anilines is 2. The average Bonchev–Trinajstić information content (AvgIpc) is 2.39. The number of alkyl halides is 3. The van der Waals surface area contributed by atoms with Crippen LogP contribution in [0.25, 0.3) is 0 Å². The van der Waals surface area contributed by atoms with Crippen molar-refractivity contribution >= 4 is 11.4 Å². The molecule has 3 nitrogen and oxygen atoms in total. The molecule has 1 heterocycles. The third-order valence-corrected chi connectivity index (χ3v) is 3.65. The van der Waals surface area contributed by atoms with E-state index in [1.165, 1.54) is 12.1 Å². The third-order valence-electron chi connectivity index (χ3n) is 3.65. The van der Waals surface area contributed by atoms with E-state index in [0.29, 0.717) is 19.1 Å². The maximum atomic E-state index is 13.1. The molecule has 1 fully saturated rings. The lowest BCUT2D eigenvalue weighted by Crippen LogP contribution is -2.43. The summed E-state index contributed by atoms with van der Waals surface area (Å²) in [7, 11) is 0. The summed E-state index contributed by atoms with van der Waals surface area (Å²) in [6.45, 7) is 4.18. The van der Waals surface area contributed by atoms with E-state index in [9.17, 15) is 13.2 Å². The van der Waals surface area contributed by atoms with Gasteiger partial charge in [0.1, 0.15) is 0 Å². The van der Waals surface area contributed by atoms with Crippen LogP contribution in [-0.2, 0) is 6.18 Å². The summed E-state index contributed by atoms with van der Waals surface area (Å²) >= 11 is 0.